The second kappa shape index (κ2) is 7.00. The van der Waals surface area contributed by atoms with Crippen LogP contribution in [-0.2, 0) is 4.74 Å². The molecule has 0 saturated carbocycles. The van der Waals surface area contributed by atoms with E-state index in [0.717, 1.165) is 16.9 Å². The molecule has 0 fully saturated rings. The minimum Gasteiger partial charge on any atom is -0.497 e. The van der Waals surface area contributed by atoms with Gasteiger partial charge in [0.15, 0.2) is 0 Å². The third-order valence-corrected chi connectivity index (χ3v) is 3.58. The zero-order valence-corrected chi connectivity index (χ0v) is 13.5. The highest BCUT2D eigenvalue weighted by atomic mass is 16.6. The first-order chi connectivity index (χ1) is 11.7. The van der Waals surface area contributed by atoms with Gasteiger partial charge in [0.25, 0.3) is 5.76 Å². The lowest BCUT2D eigenvalue weighted by atomic mass is 9.99. The van der Waals surface area contributed by atoms with Crippen molar-refractivity contribution in [2.75, 3.05) is 13.7 Å². The quantitative estimate of drug-likeness (QED) is 0.659. The van der Waals surface area contributed by atoms with Gasteiger partial charge >= 0.3 is 5.97 Å². The van der Waals surface area contributed by atoms with Gasteiger partial charge in [0.2, 0.25) is 0 Å². The van der Waals surface area contributed by atoms with E-state index in [0.29, 0.717) is 11.3 Å². The number of carbonyl (C=O) groups is 1. The maximum atomic E-state index is 12.2. The smallest absolute Gasteiger partial charge is 0.377 e. The summed E-state index contributed by atoms with van der Waals surface area (Å²) in [5, 5.41) is 4.10. The fourth-order valence-electron chi connectivity index (χ4n) is 2.44. The lowest BCUT2D eigenvalue weighted by Crippen LogP contribution is -2.04. The average Bonchev–Trinajstić information content (AvgIpc) is 3.08. The first-order valence-electron chi connectivity index (χ1n) is 7.61. The number of esters is 1. The van der Waals surface area contributed by atoms with Crippen molar-refractivity contribution in [1.29, 1.82) is 0 Å². The van der Waals surface area contributed by atoms with Crippen molar-refractivity contribution < 1.29 is 18.8 Å². The van der Waals surface area contributed by atoms with Crippen LogP contribution in [0.15, 0.2) is 59.1 Å². The van der Waals surface area contributed by atoms with Gasteiger partial charge in [0.1, 0.15) is 11.4 Å². The van der Waals surface area contributed by atoms with Crippen LogP contribution in [-0.4, -0.2) is 24.8 Å². The summed E-state index contributed by atoms with van der Waals surface area (Å²) in [6.45, 7) is 2.02. The van der Waals surface area contributed by atoms with Crippen molar-refractivity contribution in [2.24, 2.45) is 0 Å². The van der Waals surface area contributed by atoms with Gasteiger partial charge in [-0.1, -0.05) is 35.5 Å². The summed E-state index contributed by atoms with van der Waals surface area (Å²) in [6, 6.07) is 16.9. The van der Waals surface area contributed by atoms with Crippen LogP contribution in [0, 0.1) is 0 Å². The topological polar surface area (TPSA) is 61.6 Å². The molecule has 0 aliphatic rings. The maximum absolute atomic E-state index is 12.2. The van der Waals surface area contributed by atoms with Crippen molar-refractivity contribution in [3.8, 4) is 28.1 Å². The summed E-state index contributed by atoms with van der Waals surface area (Å²) >= 11 is 0. The molecule has 0 bridgehead atoms. The molecule has 3 aromatic rings. The molecule has 0 N–H and O–H groups in total. The van der Waals surface area contributed by atoms with Crippen molar-refractivity contribution in [3.05, 3.63) is 60.4 Å². The van der Waals surface area contributed by atoms with Crippen molar-refractivity contribution in [2.45, 2.75) is 6.92 Å². The van der Waals surface area contributed by atoms with Crippen LogP contribution in [0.5, 0.6) is 5.75 Å². The second-order valence-corrected chi connectivity index (χ2v) is 5.05. The summed E-state index contributed by atoms with van der Waals surface area (Å²) < 4.78 is 15.6. The van der Waals surface area contributed by atoms with Crippen molar-refractivity contribution in [3.63, 3.8) is 0 Å². The number of carbonyl (C=O) groups excluding carboxylic acids is 1. The normalized spacial score (nSPS) is 10.4. The number of nitrogens with zero attached hydrogens (tertiary/aromatic N) is 1. The molecular formula is C19H17NO4. The maximum Gasteiger partial charge on any atom is 0.377 e. The van der Waals surface area contributed by atoms with E-state index in [-0.39, 0.29) is 12.4 Å². The summed E-state index contributed by atoms with van der Waals surface area (Å²) in [7, 11) is 1.61. The Morgan fingerprint density at radius 2 is 1.75 bits per heavy atom. The second-order valence-electron chi connectivity index (χ2n) is 5.05. The molecule has 0 unspecified atom stereocenters. The van der Waals surface area contributed by atoms with Crippen molar-refractivity contribution >= 4 is 5.97 Å². The van der Waals surface area contributed by atoms with E-state index >= 15 is 0 Å². The molecule has 0 aliphatic carbocycles. The molecule has 0 atom stereocenters. The highest BCUT2D eigenvalue weighted by Crippen LogP contribution is 2.35. The lowest BCUT2D eigenvalue weighted by Gasteiger charge is -2.05. The first kappa shape index (κ1) is 15.8. The van der Waals surface area contributed by atoms with E-state index < -0.39 is 5.97 Å². The van der Waals surface area contributed by atoms with E-state index in [1.54, 1.807) is 14.0 Å². The Morgan fingerprint density at radius 1 is 1.04 bits per heavy atom. The van der Waals surface area contributed by atoms with E-state index in [9.17, 15) is 4.79 Å². The minimum absolute atomic E-state index is 0.105. The largest absolute Gasteiger partial charge is 0.497 e. The van der Waals surface area contributed by atoms with Gasteiger partial charge in [-0.15, -0.1) is 0 Å². The summed E-state index contributed by atoms with van der Waals surface area (Å²) in [6.07, 6.45) is 0. The molecule has 5 heteroatoms. The van der Waals surface area contributed by atoms with Crippen LogP contribution < -0.4 is 4.74 Å². The molecular weight excluding hydrogens is 306 g/mol. The van der Waals surface area contributed by atoms with Crippen LogP contribution in [0.1, 0.15) is 17.5 Å². The summed E-state index contributed by atoms with van der Waals surface area (Å²) in [5.74, 6) is 0.326. The Labute approximate surface area is 139 Å². The Balaban J connectivity index is 2.13. The van der Waals surface area contributed by atoms with Gasteiger partial charge in [-0.2, -0.15) is 0 Å². The van der Waals surface area contributed by atoms with E-state index in [1.807, 2.05) is 54.6 Å². The van der Waals surface area contributed by atoms with Gasteiger partial charge in [0.05, 0.1) is 19.3 Å². The Bertz CT molecular complexity index is 822. The number of aromatic nitrogens is 1. The van der Waals surface area contributed by atoms with Crippen molar-refractivity contribution in [1.82, 2.24) is 5.16 Å². The highest BCUT2D eigenvalue weighted by molar-refractivity contribution is 5.98. The number of methoxy groups -OCH3 is 1. The Hall–Kier alpha value is -3.08. The molecule has 122 valence electrons. The molecule has 0 radical (unpaired) electrons. The molecule has 0 amide bonds. The third kappa shape index (κ3) is 3.01. The number of hydrogen-bond acceptors (Lipinski definition) is 5. The Kier molecular flexibility index (Phi) is 4.61. The number of benzene rings is 2. The van der Waals surface area contributed by atoms with E-state index in [2.05, 4.69) is 5.16 Å². The molecule has 24 heavy (non-hydrogen) atoms. The van der Waals surface area contributed by atoms with Crippen LogP contribution in [0.2, 0.25) is 0 Å². The van der Waals surface area contributed by atoms with Gasteiger partial charge in [-0.25, -0.2) is 4.79 Å². The zero-order valence-electron chi connectivity index (χ0n) is 13.5. The summed E-state index contributed by atoms with van der Waals surface area (Å²) in [5.41, 5.74) is 2.88. The lowest BCUT2D eigenvalue weighted by molar-refractivity contribution is 0.0481. The van der Waals surface area contributed by atoms with Gasteiger partial charge in [0, 0.05) is 5.56 Å². The van der Waals surface area contributed by atoms with Crippen LogP contribution in [0.4, 0.5) is 0 Å². The summed E-state index contributed by atoms with van der Waals surface area (Å²) in [4.78, 5) is 12.2. The first-order valence-corrected chi connectivity index (χ1v) is 7.61. The predicted molar refractivity (Wildman–Crippen MR) is 89.9 cm³/mol. The fraction of sp³-hybridized carbons (Fsp3) is 0.158. The van der Waals surface area contributed by atoms with E-state index in [1.165, 1.54) is 0 Å². The highest BCUT2D eigenvalue weighted by Gasteiger charge is 2.25. The third-order valence-electron chi connectivity index (χ3n) is 3.58. The van der Waals surface area contributed by atoms with Gasteiger partial charge in [-0.05, 0) is 36.8 Å². The molecule has 2 aromatic carbocycles. The molecule has 5 nitrogen and oxygen atoms in total. The zero-order chi connectivity index (χ0) is 16.9. The van der Waals surface area contributed by atoms with Crippen LogP contribution >= 0.6 is 0 Å². The van der Waals surface area contributed by atoms with Crippen LogP contribution in [0.3, 0.4) is 0 Å². The van der Waals surface area contributed by atoms with E-state index in [4.69, 9.17) is 14.0 Å². The minimum atomic E-state index is -0.524. The molecule has 0 saturated heterocycles. The number of rotatable bonds is 5. The standard InChI is InChI=1S/C19H17NO4/c1-3-23-19(21)18-16(13-7-5-4-6-8-13)17(20-24-18)14-9-11-15(22-2)12-10-14/h4-12H,3H2,1-2H3. The van der Waals surface area contributed by atoms with Gasteiger partial charge in [-0.3, -0.25) is 0 Å². The molecule has 1 heterocycles. The SMILES string of the molecule is CCOC(=O)c1onc(-c2ccc(OC)cc2)c1-c1ccccc1. The molecule has 1 aromatic heterocycles. The predicted octanol–water partition coefficient (Wildman–Crippen LogP) is 4.19. The molecule has 3 rings (SSSR count). The number of hydrogen-bond donors (Lipinski definition) is 0. The Morgan fingerprint density at radius 3 is 2.38 bits per heavy atom. The van der Waals surface area contributed by atoms with Crippen LogP contribution in [0.25, 0.3) is 22.4 Å². The number of ether oxygens (including phenoxy) is 2. The molecule has 0 spiro atoms. The monoisotopic (exact) mass is 323 g/mol. The average molecular weight is 323 g/mol. The fourth-order valence-corrected chi connectivity index (χ4v) is 2.44. The molecule has 0 aliphatic heterocycles. The van der Waals surface area contributed by atoms with Gasteiger partial charge < -0.3 is 14.0 Å².